The van der Waals surface area contributed by atoms with Gasteiger partial charge in [0.15, 0.2) is 0 Å². The number of aliphatic carboxylic acids is 1. The highest BCUT2D eigenvalue weighted by Gasteiger charge is 2.41. The monoisotopic (exact) mass is 307 g/mol. The molecule has 0 bridgehead atoms. The topological polar surface area (TPSA) is 116 Å². The van der Waals surface area contributed by atoms with Crippen LogP contribution in [0.5, 0.6) is 0 Å². The minimum atomic E-state index is -1.20. The fourth-order valence-corrected chi connectivity index (χ4v) is 3.42. The van der Waals surface area contributed by atoms with Crippen molar-refractivity contribution in [3.8, 4) is 0 Å². The zero-order valence-corrected chi connectivity index (χ0v) is 12.2. The Morgan fingerprint density at radius 3 is 2.48 bits per heavy atom. The predicted molar refractivity (Wildman–Crippen MR) is 81.9 cm³/mol. The molecule has 0 unspecified atom stereocenters. The first kappa shape index (κ1) is 15.4. The average molecular weight is 307 g/mol. The summed E-state index contributed by atoms with van der Waals surface area (Å²) in [6, 6.07) is 6.32. The molecule has 1 aromatic rings. The molecule has 0 radical (unpaired) electrons. The molecule has 0 atom stereocenters. The Morgan fingerprint density at radius 1 is 1.29 bits per heavy atom. The highest BCUT2D eigenvalue weighted by Crippen LogP contribution is 2.27. The number of benzene rings is 1. The van der Waals surface area contributed by atoms with Crippen LogP contribution >= 0.6 is 11.8 Å². The second-order valence-electron chi connectivity index (χ2n) is 4.95. The molecule has 2 rings (SSSR count). The van der Waals surface area contributed by atoms with Gasteiger partial charge in [0.25, 0.3) is 5.91 Å². The number of rotatable bonds is 4. The second-order valence-corrected chi connectivity index (χ2v) is 6.17. The molecule has 1 amide bonds. The molecule has 7 heteroatoms. The Balaban J connectivity index is 2.21. The second kappa shape index (κ2) is 6.17. The summed E-state index contributed by atoms with van der Waals surface area (Å²) in [5.41, 5.74) is 4.94. The van der Waals surface area contributed by atoms with Gasteiger partial charge in [0, 0.05) is 11.1 Å². The average Bonchev–Trinajstić information content (AvgIpc) is 2.48. The molecule has 1 aliphatic rings. The molecule has 1 fully saturated rings. The van der Waals surface area contributed by atoms with Crippen molar-refractivity contribution in [2.75, 3.05) is 11.5 Å². The lowest BCUT2D eigenvalue weighted by Gasteiger charge is -2.33. The molecule has 5 N–H and O–H groups in total. The van der Waals surface area contributed by atoms with Crippen molar-refractivity contribution in [3.05, 3.63) is 35.4 Å². The molecule has 0 saturated carbocycles. The smallest absolute Gasteiger partial charge is 0.329 e. The third-order valence-electron chi connectivity index (χ3n) is 3.54. The van der Waals surface area contributed by atoms with Crippen LogP contribution in [0.2, 0.25) is 0 Å². The Labute approximate surface area is 126 Å². The third-order valence-corrected chi connectivity index (χ3v) is 4.53. The minimum Gasteiger partial charge on any atom is -0.480 e. The van der Waals surface area contributed by atoms with E-state index in [0.717, 1.165) is 0 Å². The van der Waals surface area contributed by atoms with Gasteiger partial charge < -0.3 is 16.2 Å². The van der Waals surface area contributed by atoms with Crippen LogP contribution in [0.3, 0.4) is 0 Å². The highest BCUT2D eigenvalue weighted by molar-refractivity contribution is 7.99. The molecule has 1 aromatic carbocycles. The Bertz CT molecular complexity index is 583. The molecule has 6 nitrogen and oxygen atoms in total. The van der Waals surface area contributed by atoms with Gasteiger partial charge in [-0.05, 0) is 36.5 Å². The quantitative estimate of drug-likeness (QED) is 0.490. The van der Waals surface area contributed by atoms with Crippen LogP contribution < -0.4 is 11.1 Å². The summed E-state index contributed by atoms with van der Waals surface area (Å²) in [7, 11) is 0. The normalized spacial score (nSPS) is 17.0. The van der Waals surface area contributed by atoms with Crippen LogP contribution in [0.15, 0.2) is 24.3 Å². The fourth-order valence-electron chi connectivity index (χ4n) is 2.23. The summed E-state index contributed by atoms with van der Waals surface area (Å²) in [6.45, 7) is 0. The van der Waals surface area contributed by atoms with E-state index >= 15 is 0 Å². The summed E-state index contributed by atoms with van der Waals surface area (Å²) in [4.78, 5) is 23.8. The number of thioether (sulfide) groups is 1. The van der Waals surface area contributed by atoms with Crippen LogP contribution in [0.25, 0.3) is 0 Å². The van der Waals surface area contributed by atoms with Gasteiger partial charge in [-0.2, -0.15) is 11.8 Å². The zero-order valence-electron chi connectivity index (χ0n) is 11.4. The number of hydrogen-bond donors (Lipinski definition) is 4. The molecular formula is C14H17N3O3S. The molecule has 1 heterocycles. The molecule has 1 saturated heterocycles. The van der Waals surface area contributed by atoms with Gasteiger partial charge in [-0.25, -0.2) is 4.79 Å². The summed E-state index contributed by atoms with van der Waals surface area (Å²) in [6.07, 6.45) is 0.816. The molecule has 0 spiro atoms. The Morgan fingerprint density at radius 2 is 1.90 bits per heavy atom. The van der Waals surface area contributed by atoms with Crippen molar-refractivity contribution in [2.45, 2.75) is 18.4 Å². The standard InChI is InChI=1S/C14H17N3O3S/c15-11(16)9-2-1-3-10(8-9)12(18)17-14(13(19)20)4-6-21-7-5-14/h1-3,8H,4-7H2,(H3,15,16)(H,17,18)(H,19,20). The van der Waals surface area contributed by atoms with E-state index in [1.54, 1.807) is 30.0 Å². The van der Waals surface area contributed by atoms with Gasteiger partial charge in [-0.15, -0.1) is 0 Å². The van der Waals surface area contributed by atoms with E-state index in [0.29, 0.717) is 35.5 Å². The maximum atomic E-state index is 12.3. The fraction of sp³-hybridized carbons (Fsp3) is 0.357. The lowest BCUT2D eigenvalue weighted by atomic mass is 9.91. The number of amides is 1. The van der Waals surface area contributed by atoms with Crippen molar-refractivity contribution in [1.82, 2.24) is 5.32 Å². The molecular weight excluding hydrogens is 290 g/mol. The zero-order chi connectivity index (χ0) is 15.5. The lowest BCUT2D eigenvalue weighted by molar-refractivity contribution is -0.144. The van der Waals surface area contributed by atoms with Crippen molar-refractivity contribution >= 4 is 29.5 Å². The van der Waals surface area contributed by atoms with Gasteiger partial charge in [0.2, 0.25) is 0 Å². The minimum absolute atomic E-state index is 0.133. The van der Waals surface area contributed by atoms with Gasteiger partial charge in [-0.1, -0.05) is 12.1 Å². The summed E-state index contributed by atoms with van der Waals surface area (Å²) >= 11 is 1.68. The molecule has 112 valence electrons. The van der Waals surface area contributed by atoms with Gasteiger partial charge >= 0.3 is 5.97 Å². The highest BCUT2D eigenvalue weighted by atomic mass is 32.2. The summed E-state index contributed by atoms with van der Waals surface area (Å²) in [5.74, 6) is -0.168. The van der Waals surface area contributed by atoms with Gasteiger partial charge in [0.1, 0.15) is 11.4 Å². The number of nitrogens with two attached hydrogens (primary N) is 1. The number of carbonyl (C=O) groups excluding carboxylic acids is 1. The van der Waals surface area contributed by atoms with E-state index in [2.05, 4.69) is 5.32 Å². The Hall–Kier alpha value is -2.02. The molecule has 0 aliphatic carbocycles. The predicted octanol–water partition coefficient (Wildman–Crippen LogP) is 1.05. The number of carbonyl (C=O) groups is 2. The number of hydrogen-bond acceptors (Lipinski definition) is 4. The maximum absolute atomic E-state index is 12.3. The SMILES string of the molecule is N=C(N)c1cccc(C(=O)NC2(C(=O)O)CCSCC2)c1. The number of nitrogens with one attached hydrogen (secondary N) is 2. The van der Waals surface area contributed by atoms with Crippen molar-refractivity contribution in [3.63, 3.8) is 0 Å². The van der Waals surface area contributed by atoms with Crippen molar-refractivity contribution in [2.24, 2.45) is 5.73 Å². The van der Waals surface area contributed by atoms with E-state index < -0.39 is 17.4 Å². The third kappa shape index (κ3) is 3.36. The lowest BCUT2D eigenvalue weighted by Crippen LogP contribution is -2.56. The summed E-state index contributed by atoms with van der Waals surface area (Å²) in [5, 5.41) is 19.5. The van der Waals surface area contributed by atoms with E-state index in [-0.39, 0.29) is 5.84 Å². The molecule has 21 heavy (non-hydrogen) atoms. The van der Waals surface area contributed by atoms with Crippen LogP contribution in [-0.2, 0) is 4.79 Å². The van der Waals surface area contributed by atoms with E-state index in [1.165, 1.54) is 6.07 Å². The first-order valence-electron chi connectivity index (χ1n) is 6.53. The van der Waals surface area contributed by atoms with E-state index in [9.17, 15) is 14.7 Å². The van der Waals surface area contributed by atoms with E-state index in [4.69, 9.17) is 11.1 Å². The largest absolute Gasteiger partial charge is 0.480 e. The molecule has 0 aromatic heterocycles. The van der Waals surface area contributed by atoms with E-state index in [1.807, 2.05) is 0 Å². The first-order chi connectivity index (χ1) is 9.94. The number of nitrogen functional groups attached to an aromatic ring is 1. The number of carboxylic acids is 1. The number of amidine groups is 1. The Kier molecular flexibility index (Phi) is 4.52. The van der Waals surface area contributed by atoms with Gasteiger partial charge in [0.05, 0.1) is 0 Å². The van der Waals surface area contributed by atoms with Crippen molar-refractivity contribution in [1.29, 1.82) is 5.41 Å². The molecule has 1 aliphatic heterocycles. The maximum Gasteiger partial charge on any atom is 0.329 e. The van der Waals surface area contributed by atoms with Gasteiger partial charge in [-0.3, -0.25) is 10.2 Å². The van der Waals surface area contributed by atoms with Crippen LogP contribution in [0.4, 0.5) is 0 Å². The van der Waals surface area contributed by atoms with Crippen LogP contribution in [-0.4, -0.2) is 39.9 Å². The van der Waals surface area contributed by atoms with Crippen LogP contribution in [0.1, 0.15) is 28.8 Å². The van der Waals surface area contributed by atoms with Crippen LogP contribution in [0, 0.1) is 5.41 Å². The van der Waals surface area contributed by atoms with Crippen molar-refractivity contribution < 1.29 is 14.7 Å². The number of carboxylic acid groups (broad SMARTS) is 1. The first-order valence-corrected chi connectivity index (χ1v) is 7.68. The summed E-state index contributed by atoms with van der Waals surface area (Å²) < 4.78 is 0.